The van der Waals surface area contributed by atoms with Crippen molar-refractivity contribution in [2.75, 3.05) is 13.7 Å². The van der Waals surface area contributed by atoms with Crippen molar-refractivity contribution in [1.82, 2.24) is 10.3 Å². The van der Waals surface area contributed by atoms with Gasteiger partial charge >= 0.3 is 5.97 Å². The SMILES string of the molecule is C=C/C=C(/O)C/C(=C\C/C=C1\N=C(C2CCC(C(=O)O)NC2)C=CC(N)N1/N=C\C)OC.CC. The molecule has 0 aromatic carbocycles. The number of allylic oxidation sites excluding steroid dienone is 5. The Balaban J connectivity index is 0.00000281. The van der Waals surface area contributed by atoms with Crippen LogP contribution in [0.15, 0.2) is 70.5 Å². The van der Waals surface area contributed by atoms with Crippen LogP contribution in [-0.2, 0) is 9.53 Å². The number of hydrazone groups is 1. The number of carboxylic acid groups (broad SMARTS) is 1. The van der Waals surface area contributed by atoms with Crippen molar-refractivity contribution in [3.8, 4) is 0 Å². The molecule has 1 fully saturated rings. The topological polar surface area (TPSA) is 133 Å². The van der Waals surface area contributed by atoms with Crippen molar-refractivity contribution in [2.45, 2.75) is 58.7 Å². The lowest BCUT2D eigenvalue weighted by molar-refractivity contribution is -0.140. The van der Waals surface area contributed by atoms with Gasteiger partial charge in [-0.2, -0.15) is 5.10 Å². The quantitative estimate of drug-likeness (QED) is 0.227. The molecule has 2 heterocycles. The molecule has 3 unspecified atom stereocenters. The van der Waals surface area contributed by atoms with Gasteiger partial charge in [0.25, 0.3) is 0 Å². The van der Waals surface area contributed by atoms with E-state index in [1.807, 2.05) is 38.2 Å². The van der Waals surface area contributed by atoms with Gasteiger partial charge in [-0.15, -0.1) is 0 Å². The molecule has 2 aliphatic rings. The maximum Gasteiger partial charge on any atom is 0.320 e. The van der Waals surface area contributed by atoms with E-state index < -0.39 is 18.2 Å². The number of aliphatic imine (C=N–C) groups is 1. The number of nitrogens with zero attached hydrogens (tertiary/aromatic N) is 3. The van der Waals surface area contributed by atoms with Crippen molar-refractivity contribution in [1.29, 1.82) is 0 Å². The van der Waals surface area contributed by atoms with E-state index >= 15 is 0 Å². The van der Waals surface area contributed by atoms with Gasteiger partial charge in [-0.05, 0) is 56.6 Å². The number of aliphatic hydroxyl groups is 1. The fourth-order valence-electron chi connectivity index (χ4n) is 3.50. The predicted octanol–water partition coefficient (Wildman–Crippen LogP) is 3.85. The summed E-state index contributed by atoms with van der Waals surface area (Å²) in [5.74, 6) is 0.605. The summed E-state index contributed by atoms with van der Waals surface area (Å²) in [6.07, 6.45) is 13.7. The molecule has 0 bridgehead atoms. The van der Waals surface area contributed by atoms with Gasteiger partial charge in [-0.3, -0.25) is 4.79 Å². The lowest BCUT2D eigenvalue weighted by Gasteiger charge is -2.27. The lowest BCUT2D eigenvalue weighted by atomic mass is 9.90. The molecule has 0 radical (unpaired) electrons. The summed E-state index contributed by atoms with van der Waals surface area (Å²) in [6, 6.07) is -0.524. The van der Waals surface area contributed by atoms with Gasteiger partial charge in [0, 0.05) is 24.4 Å². The summed E-state index contributed by atoms with van der Waals surface area (Å²) >= 11 is 0. The monoisotopic (exact) mass is 473 g/mol. The second-order valence-corrected chi connectivity index (χ2v) is 7.42. The molecule has 0 saturated carbocycles. The van der Waals surface area contributed by atoms with Crippen LogP contribution in [0.1, 0.15) is 46.5 Å². The number of aliphatic carboxylic acids is 1. The third kappa shape index (κ3) is 8.99. The zero-order chi connectivity index (χ0) is 25.5. The Morgan fingerprint density at radius 2 is 2.15 bits per heavy atom. The van der Waals surface area contributed by atoms with E-state index in [2.05, 4.69) is 17.0 Å². The van der Waals surface area contributed by atoms with Crippen molar-refractivity contribution in [2.24, 2.45) is 21.7 Å². The number of rotatable bonds is 9. The maximum atomic E-state index is 11.2. The number of ether oxygens (including phenoxy) is 1. The highest BCUT2D eigenvalue weighted by atomic mass is 16.5. The number of carboxylic acids is 1. The van der Waals surface area contributed by atoms with Gasteiger partial charge < -0.3 is 26.0 Å². The Labute approximate surface area is 202 Å². The van der Waals surface area contributed by atoms with Gasteiger partial charge in [0.1, 0.15) is 18.0 Å². The first kappa shape index (κ1) is 28.9. The lowest BCUT2D eigenvalue weighted by Crippen LogP contribution is -2.45. The Kier molecular flexibility index (Phi) is 13.3. The number of nitrogens with two attached hydrogens (primary N) is 1. The van der Waals surface area contributed by atoms with Gasteiger partial charge in [0.2, 0.25) is 0 Å². The Morgan fingerprint density at radius 3 is 2.71 bits per heavy atom. The summed E-state index contributed by atoms with van der Waals surface area (Å²) in [6.45, 7) is 9.90. The van der Waals surface area contributed by atoms with E-state index in [0.717, 1.165) is 12.1 Å². The predicted molar refractivity (Wildman–Crippen MR) is 137 cm³/mol. The minimum absolute atomic E-state index is 0.0778. The standard InChI is InChI=1S/C23H33N5O4.C2H6/c1-4-7-17(29)14-18(32-3)8-6-9-22-27-19(12-13-21(24)28(22)26-5-2)16-10-11-20(23(30)31)25-15-16;1-2/h4-5,7-9,12-13,16,20-21,25,29H,1,6,10-11,14-15,24H2,2-3H3,(H,30,31);1-2H3/b17-7+,18-8+,22-9+,26-5-;. The number of methoxy groups -OCH3 is 1. The van der Waals surface area contributed by atoms with E-state index in [-0.39, 0.29) is 18.1 Å². The second-order valence-electron chi connectivity index (χ2n) is 7.42. The van der Waals surface area contributed by atoms with Gasteiger partial charge in [0.05, 0.1) is 25.0 Å². The average Bonchev–Trinajstić information content (AvgIpc) is 2.99. The van der Waals surface area contributed by atoms with Crippen LogP contribution in [-0.4, -0.2) is 59.0 Å². The highest BCUT2D eigenvalue weighted by Gasteiger charge is 2.29. The molecule has 9 nitrogen and oxygen atoms in total. The second kappa shape index (κ2) is 15.6. The zero-order valence-electron chi connectivity index (χ0n) is 20.6. The zero-order valence-corrected chi connectivity index (χ0v) is 20.6. The smallest absolute Gasteiger partial charge is 0.320 e. The number of hydrogen-bond donors (Lipinski definition) is 4. The summed E-state index contributed by atoms with van der Waals surface area (Å²) in [4.78, 5) is 16.0. The molecule has 34 heavy (non-hydrogen) atoms. The van der Waals surface area contributed by atoms with Crippen molar-refractivity contribution in [3.63, 3.8) is 0 Å². The van der Waals surface area contributed by atoms with Gasteiger partial charge in [0.15, 0.2) is 0 Å². The minimum Gasteiger partial charge on any atom is -0.512 e. The van der Waals surface area contributed by atoms with Crippen LogP contribution in [0.5, 0.6) is 0 Å². The van der Waals surface area contributed by atoms with Crippen LogP contribution < -0.4 is 11.1 Å². The number of hydrogen-bond acceptors (Lipinski definition) is 8. The summed E-state index contributed by atoms with van der Waals surface area (Å²) in [5, 5.41) is 28.1. The Morgan fingerprint density at radius 1 is 1.41 bits per heavy atom. The molecule has 0 spiro atoms. The van der Waals surface area contributed by atoms with E-state index in [9.17, 15) is 15.0 Å². The van der Waals surface area contributed by atoms with Crippen molar-refractivity contribution < 1.29 is 19.7 Å². The molecule has 2 rings (SSSR count). The first-order valence-electron chi connectivity index (χ1n) is 11.6. The van der Waals surface area contributed by atoms with Crippen LogP contribution in [0.4, 0.5) is 0 Å². The maximum absolute atomic E-state index is 11.2. The van der Waals surface area contributed by atoms with E-state index in [1.54, 1.807) is 25.3 Å². The fourth-order valence-corrected chi connectivity index (χ4v) is 3.50. The molecule has 0 aromatic rings. The highest BCUT2D eigenvalue weighted by molar-refractivity contribution is 5.98. The minimum atomic E-state index is -0.831. The van der Waals surface area contributed by atoms with Crippen LogP contribution in [0.3, 0.4) is 0 Å². The Bertz CT molecular complexity index is 849. The molecule has 0 amide bonds. The molecule has 1 saturated heterocycles. The first-order valence-corrected chi connectivity index (χ1v) is 11.6. The molecule has 2 aliphatic heterocycles. The summed E-state index contributed by atoms with van der Waals surface area (Å²) in [7, 11) is 1.55. The van der Waals surface area contributed by atoms with Crippen LogP contribution in [0.25, 0.3) is 0 Å². The molecule has 5 N–H and O–H groups in total. The summed E-state index contributed by atoms with van der Waals surface area (Å²) < 4.78 is 5.35. The van der Waals surface area contributed by atoms with Crippen molar-refractivity contribution >= 4 is 17.9 Å². The number of aliphatic hydroxyl groups excluding tert-OH is 1. The van der Waals surface area contributed by atoms with E-state index in [4.69, 9.17) is 15.5 Å². The number of nitrogens with one attached hydrogen (secondary N) is 1. The molecule has 9 heteroatoms. The largest absolute Gasteiger partial charge is 0.512 e. The molecule has 3 atom stereocenters. The molecular weight excluding hydrogens is 434 g/mol. The third-order valence-corrected chi connectivity index (χ3v) is 5.17. The average molecular weight is 474 g/mol. The molecular formula is C25H39N5O4. The fraction of sp³-hybridized carbons (Fsp3) is 0.480. The van der Waals surface area contributed by atoms with Gasteiger partial charge in [-0.1, -0.05) is 26.5 Å². The highest BCUT2D eigenvalue weighted by Crippen LogP contribution is 2.23. The normalized spacial score (nSPS) is 24.9. The number of piperidine rings is 1. The van der Waals surface area contributed by atoms with E-state index in [0.29, 0.717) is 31.0 Å². The van der Waals surface area contributed by atoms with Crippen LogP contribution in [0.2, 0.25) is 0 Å². The number of carbonyl (C=O) groups is 1. The van der Waals surface area contributed by atoms with Crippen LogP contribution >= 0.6 is 0 Å². The van der Waals surface area contributed by atoms with Crippen LogP contribution in [0, 0.1) is 5.92 Å². The van der Waals surface area contributed by atoms with Crippen molar-refractivity contribution in [3.05, 3.63) is 60.4 Å². The Hall–Kier alpha value is -3.17. The first-order chi connectivity index (χ1) is 16.4. The third-order valence-electron chi connectivity index (χ3n) is 5.17. The summed E-state index contributed by atoms with van der Waals surface area (Å²) in [5.41, 5.74) is 7.13. The van der Waals surface area contributed by atoms with Gasteiger partial charge in [-0.25, -0.2) is 10.0 Å². The molecule has 0 aliphatic carbocycles. The van der Waals surface area contributed by atoms with E-state index in [1.165, 1.54) is 12.2 Å². The molecule has 0 aromatic heterocycles. The molecule has 188 valence electrons.